The molecule has 1 spiro atoms. The molecular formula is C22H23N5O2. The second-order valence-electron chi connectivity index (χ2n) is 7.99. The van der Waals surface area contributed by atoms with Crippen molar-refractivity contribution >= 4 is 17.6 Å². The van der Waals surface area contributed by atoms with Crippen molar-refractivity contribution in [2.24, 2.45) is 5.41 Å². The van der Waals surface area contributed by atoms with Crippen molar-refractivity contribution in [2.45, 2.75) is 19.3 Å². The number of aromatic nitrogens is 3. The van der Waals surface area contributed by atoms with E-state index in [2.05, 4.69) is 22.1 Å². The zero-order valence-electron chi connectivity index (χ0n) is 16.2. The predicted molar refractivity (Wildman–Crippen MR) is 107 cm³/mol. The number of benzene rings is 1. The van der Waals surface area contributed by atoms with Crippen LogP contribution in [-0.4, -0.2) is 62.2 Å². The van der Waals surface area contributed by atoms with Gasteiger partial charge in [0.05, 0.1) is 5.41 Å². The molecule has 2 aliphatic rings. The Balaban J connectivity index is 1.26. The Hall–Kier alpha value is -3.22. The van der Waals surface area contributed by atoms with E-state index in [-0.39, 0.29) is 11.8 Å². The molecule has 2 fully saturated rings. The molecule has 5 rings (SSSR count). The Labute approximate surface area is 169 Å². The number of carbonyl (C=O) groups is 2. The van der Waals surface area contributed by atoms with Gasteiger partial charge in [-0.05, 0) is 30.9 Å². The van der Waals surface area contributed by atoms with Crippen molar-refractivity contribution in [1.29, 1.82) is 0 Å². The summed E-state index contributed by atoms with van der Waals surface area (Å²) < 4.78 is 1.74. The van der Waals surface area contributed by atoms with Gasteiger partial charge in [0, 0.05) is 44.8 Å². The fourth-order valence-electron chi connectivity index (χ4n) is 4.53. The van der Waals surface area contributed by atoms with E-state index in [1.807, 2.05) is 29.3 Å². The Morgan fingerprint density at radius 1 is 1.10 bits per heavy atom. The number of imidazole rings is 1. The van der Waals surface area contributed by atoms with Crippen LogP contribution in [-0.2, 0) is 11.2 Å². The maximum absolute atomic E-state index is 13.2. The summed E-state index contributed by atoms with van der Waals surface area (Å²) in [5.41, 5.74) is 1.20. The molecule has 0 radical (unpaired) electrons. The van der Waals surface area contributed by atoms with Gasteiger partial charge in [-0.2, -0.15) is 0 Å². The topological polar surface area (TPSA) is 70.8 Å². The summed E-state index contributed by atoms with van der Waals surface area (Å²) in [6.07, 6.45) is 7.59. The van der Waals surface area contributed by atoms with Gasteiger partial charge in [-0.3, -0.25) is 14.0 Å². The molecule has 1 aromatic carbocycles. The molecule has 0 bridgehead atoms. The molecular weight excluding hydrogens is 366 g/mol. The summed E-state index contributed by atoms with van der Waals surface area (Å²) in [7, 11) is 0. The molecule has 2 aliphatic heterocycles. The molecule has 2 aromatic heterocycles. The molecule has 148 valence electrons. The number of nitrogens with zero attached hydrogens (tertiary/aromatic N) is 5. The zero-order chi connectivity index (χ0) is 19.8. The van der Waals surface area contributed by atoms with Gasteiger partial charge in [-0.15, -0.1) is 0 Å². The lowest BCUT2D eigenvalue weighted by atomic mass is 9.85. The third-order valence-corrected chi connectivity index (χ3v) is 6.21. The highest BCUT2D eigenvalue weighted by atomic mass is 16.2. The largest absolute Gasteiger partial charge is 0.342 e. The van der Waals surface area contributed by atoms with Crippen molar-refractivity contribution in [3.63, 3.8) is 0 Å². The van der Waals surface area contributed by atoms with E-state index < -0.39 is 5.41 Å². The van der Waals surface area contributed by atoms with Crippen LogP contribution < -0.4 is 0 Å². The monoisotopic (exact) mass is 389 g/mol. The van der Waals surface area contributed by atoms with Gasteiger partial charge in [0.2, 0.25) is 11.7 Å². The van der Waals surface area contributed by atoms with E-state index in [4.69, 9.17) is 0 Å². The van der Waals surface area contributed by atoms with E-state index in [1.165, 1.54) is 5.56 Å². The molecule has 4 heterocycles. The lowest BCUT2D eigenvalue weighted by molar-refractivity contribution is -0.135. The second kappa shape index (κ2) is 6.99. The molecule has 2 amide bonds. The average molecular weight is 389 g/mol. The summed E-state index contributed by atoms with van der Waals surface area (Å²) in [4.78, 5) is 38.4. The average Bonchev–Trinajstić information content (AvgIpc) is 3.46. The van der Waals surface area contributed by atoms with Gasteiger partial charge in [0.1, 0.15) is 5.69 Å². The zero-order valence-corrected chi connectivity index (χ0v) is 16.2. The molecule has 1 unspecified atom stereocenters. The first-order valence-electron chi connectivity index (χ1n) is 10.1. The van der Waals surface area contributed by atoms with E-state index in [0.29, 0.717) is 24.6 Å². The third-order valence-electron chi connectivity index (χ3n) is 6.21. The normalized spacial score (nSPS) is 21.6. The Morgan fingerprint density at radius 3 is 2.76 bits per heavy atom. The fourth-order valence-corrected chi connectivity index (χ4v) is 4.53. The molecule has 1 atom stereocenters. The summed E-state index contributed by atoms with van der Waals surface area (Å²) in [5, 5.41) is 0. The quantitative estimate of drug-likeness (QED) is 0.685. The molecule has 7 heteroatoms. The molecule has 0 saturated carbocycles. The van der Waals surface area contributed by atoms with E-state index >= 15 is 0 Å². The predicted octanol–water partition coefficient (Wildman–Crippen LogP) is 2.04. The fraction of sp³-hybridized carbons (Fsp3) is 0.364. The molecule has 0 N–H and O–H groups in total. The van der Waals surface area contributed by atoms with Crippen molar-refractivity contribution in [2.75, 3.05) is 26.2 Å². The maximum Gasteiger partial charge on any atom is 0.274 e. The highest BCUT2D eigenvalue weighted by molar-refractivity contribution is 5.94. The summed E-state index contributed by atoms with van der Waals surface area (Å²) >= 11 is 0. The Bertz CT molecular complexity index is 1030. The molecule has 2 saturated heterocycles. The minimum atomic E-state index is -0.427. The van der Waals surface area contributed by atoms with E-state index in [1.54, 1.807) is 27.8 Å². The van der Waals surface area contributed by atoms with Crippen molar-refractivity contribution < 1.29 is 9.59 Å². The standard InChI is InChI=1S/C22H23N5O2/c28-19(18-15-26-11-4-10-23-21(26)24-18)27-14-9-22(16-27)8-13-25(20(22)29)12-7-17-5-2-1-3-6-17/h1-6,10-11,15H,7-9,12-14,16H2. The van der Waals surface area contributed by atoms with Crippen LogP contribution in [0.5, 0.6) is 0 Å². The smallest absolute Gasteiger partial charge is 0.274 e. The number of hydrogen-bond donors (Lipinski definition) is 0. The number of fused-ring (bicyclic) bond motifs is 1. The van der Waals surface area contributed by atoms with Gasteiger partial charge >= 0.3 is 0 Å². The van der Waals surface area contributed by atoms with Crippen LogP contribution in [0.15, 0.2) is 55.0 Å². The highest BCUT2D eigenvalue weighted by Crippen LogP contribution is 2.41. The van der Waals surface area contributed by atoms with Crippen molar-refractivity contribution in [3.05, 3.63) is 66.2 Å². The first-order chi connectivity index (χ1) is 14.1. The van der Waals surface area contributed by atoms with Crippen LogP contribution in [0.25, 0.3) is 5.78 Å². The third kappa shape index (κ3) is 3.16. The van der Waals surface area contributed by atoms with E-state index in [9.17, 15) is 9.59 Å². The molecule has 7 nitrogen and oxygen atoms in total. The van der Waals surface area contributed by atoms with Crippen molar-refractivity contribution in [3.8, 4) is 0 Å². The number of likely N-dealkylation sites (tertiary alicyclic amines) is 2. The highest BCUT2D eigenvalue weighted by Gasteiger charge is 2.51. The lowest BCUT2D eigenvalue weighted by Gasteiger charge is -2.23. The number of rotatable bonds is 4. The first-order valence-corrected chi connectivity index (χ1v) is 10.1. The lowest BCUT2D eigenvalue weighted by Crippen LogP contribution is -2.39. The van der Waals surface area contributed by atoms with Gasteiger partial charge in [0.25, 0.3) is 5.91 Å². The van der Waals surface area contributed by atoms with Crippen LogP contribution in [0, 0.1) is 5.41 Å². The van der Waals surface area contributed by atoms with Gasteiger partial charge in [-0.25, -0.2) is 9.97 Å². The summed E-state index contributed by atoms with van der Waals surface area (Å²) in [6, 6.07) is 12.0. The molecule has 3 aromatic rings. The van der Waals surface area contributed by atoms with Crippen LogP contribution >= 0.6 is 0 Å². The van der Waals surface area contributed by atoms with Gasteiger partial charge < -0.3 is 9.80 Å². The maximum atomic E-state index is 13.2. The molecule has 29 heavy (non-hydrogen) atoms. The van der Waals surface area contributed by atoms with Gasteiger partial charge in [-0.1, -0.05) is 30.3 Å². The number of carbonyl (C=O) groups excluding carboxylic acids is 2. The van der Waals surface area contributed by atoms with Crippen LogP contribution in [0.2, 0.25) is 0 Å². The second-order valence-corrected chi connectivity index (χ2v) is 7.99. The van der Waals surface area contributed by atoms with Crippen LogP contribution in [0.1, 0.15) is 28.9 Å². The SMILES string of the molecule is O=C(c1cn2cccnc2n1)N1CCC2(CCN(CCc3ccccc3)C2=O)C1. The minimum Gasteiger partial charge on any atom is -0.342 e. The minimum absolute atomic E-state index is 0.122. The van der Waals surface area contributed by atoms with Crippen LogP contribution in [0.3, 0.4) is 0 Å². The van der Waals surface area contributed by atoms with E-state index in [0.717, 1.165) is 32.4 Å². The Kier molecular flexibility index (Phi) is 4.30. The van der Waals surface area contributed by atoms with Crippen LogP contribution in [0.4, 0.5) is 0 Å². The number of hydrogen-bond acceptors (Lipinski definition) is 4. The molecule has 0 aliphatic carbocycles. The van der Waals surface area contributed by atoms with Gasteiger partial charge in [0.15, 0.2) is 0 Å². The summed E-state index contributed by atoms with van der Waals surface area (Å²) in [5.74, 6) is 0.581. The summed E-state index contributed by atoms with van der Waals surface area (Å²) in [6.45, 7) is 2.58. The number of amides is 2. The Morgan fingerprint density at radius 2 is 1.93 bits per heavy atom. The first kappa shape index (κ1) is 17.8. The van der Waals surface area contributed by atoms with Crippen molar-refractivity contribution in [1.82, 2.24) is 24.2 Å².